The Morgan fingerprint density at radius 2 is 1.89 bits per heavy atom. The standard InChI is InChI=1S/C20H25Cl2N5O/c21-16-4-3-5-17(19(16)22)27-11-9-26(10-12-27)8-1-2-13-28-18-7-6-15(14-23)20(24)25-18/h3-7,14,23H,1-2,8-13H2,(H2,24,25). The van der Waals surface area contributed by atoms with Crippen molar-refractivity contribution in [1.29, 1.82) is 5.41 Å². The number of hydrogen-bond acceptors (Lipinski definition) is 6. The maximum Gasteiger partial charge on any atom is 0.215 e. The zero-order valence-electron chi connectivity index (χ0n) is 15.7. The molecule has 0 radical (unpaired) electrons. The molecule has 0 atom stereocenters. The Balaban J connectivity index is 1.35. The van der Waals surface area contributed by atoms with Crippen LogP contribution in [0.15, 0.2) is 30.3 Å². The molecule has 0 amide bonds. The summed E-state index contributed by atoms with van der Waals surface area (Å²) < 4.78 is 5.65. The van der Waals surface area contributed by atoms with Crippen molar-refractivity contribution in [3.05, 3.63) is 45.9 Å². The molecule has 0 bridgehead atoms. The Morgan fingerprint density at radius 1 is 1.11 bits per heavy atom. The van der Waals surface area contributed by atoms with Gasteiger partial charge < -0.3 is 20.8 Å². The molecule has 0 saturated carbocycles. The first-order valence-electron chi connectivity index (χ1n) is 9.39. The van der Waals surface area contributed by atoms with E-state index in [9.17, 15) is 0 Å². The second-order valence-corrected chi connectivity index (χ2v) is 7.51. The van der Waals surface area contributed by atoms with E-state index >= 15 is 0 Å². The Kier molecular flexibility index (Phi) is 7.36. The number of ether oxygens (including phenoxy) is 1. The van der Waals surface area contributed by atoms with Gasteiger partial charge >= 0.3 is 0 Å². The van der Waals surface area contributed by atoms with Crippen LogP contribution in [0.1, 0.15) is 18.4 Å². The van der Waals surface area contributed by atoms with Crippen LogP contribution in [0.25, 0.3) is 0 Å². The van der Waals surface area contributed by atoms with E-state index < -0.39 is 0 Å². The molecule has 0 aliphatic carbocycles. The van der Waals surface area contributed by atoms with E-state index in [0.29, 0.717) is 33.9 Å². The predicted octanol–water partition coefficient (Wildman–Crippen LogP) is 3.95. The fourth-order valence-electron chi connectivity index (χ4n) is 3.23. The molecular weight excluding hydrogens is 397 g/mol. The highest BCUT2D eigenvalue weighted by molar-refractivity contribution is 6.43. The zero-order chi connectivity index (χ0) is 19.9. The van der Waals surface area contributed by atoms with Gasteiger partial charge in [0, 0.05) is 44.0 Å². The number of piperazine rings is 1. The van der Waals surface area contributed by atoms with Gasteiger partial charge in [-0.15, -0.1) is 0 Å². The summed E-state index contributed by atoms with van der Waals surface area (Å²) in [5.74, 6) is 0.834. The lowest BCUT2D eigenvalue weighted by molar-refractivity contribution is 0.236. The molecule has 0 unspecified atom stereocenters. The van der Waals surface area contributed by atoms with Crippen LogP contribution in [0.5, 0.6) is 5.88 Å². The smallest absolute Gasteiger partial charge is 0.215 e. The molecule has 1 aliphatic rings. The number of nitrogens with one attached hydrogen (secondary N) is 1. The van der Waals surface area contributed by atoms with Gasteiger partial charge in [-0.25, -0.2) is 0 Å². The number of unbranched alkanes of at least 4 members (excludes halogenated alkanes) is 1. The Morgan fingerprint density at radius 3 is 2.61 bits per heavy atom. The number of pyridine rings is 1. The Bertz CT molecular complexity index is 809. The van der Waals surface area contributed by atoms with Gasteiger partial charge in [-0.3, -0.25) is 4.90 Å². The van der Waals surface area contributed by atoms with E-state index in [1.54, 1.807) is 12.1 Å². The molecule has 1 fully saturated rings. The van der Waals surface area contributed by atoms with Crippen LogP contribution in [0, 0.1) is 5.41 Å². The lowest BCUT2D eigenvalue weighted by Gasteiger charge is -2.36. The highest BCUT2D eigenvalue weighted by Crippen LogP contribution is 2.32. The lowest BCUT2D eigenvalue weighted by Crippen LogP contribution is -2.46. The van der Waals surface area contributed by atoms with Crippen molar-refractivity contribution in [2.75, 3.05) is 50.0 Å². The van der Waals surface area contributed by atoms with E-state index in [0.717, 1.165) is 51.3 Å². The molecule has 3 rings (SSSR count). The van der Waals surface area contributed by atoms with Crippen molar-refractivity contribution >= 4 is 40.9 Å². The van der Waals surface area contributed by atoms with Crippen LogP contribution in [0.3, 0.4) is 0 Å². The van der Waals surface area contributed by atoms with Crippen LogP contribution in [-0.4, -0.2) is 55.4 Å². The minimum atomic E-state index is 0.324. The first-order valence-corrected chi connectivity index (χ1v) is 10.1. The number of halogens is 2. The van der Waals surface area contributed by atoms with E-state index in [2.05, 4.69) is 14.8 Å². The molecule has 2 aromatic rings. The third-order valence-corrected chi connectivity index (χ3v) is 5.66. The number of rotatable bonds is 8. The van der Waals surface area contributed by atoms with E-state index in [-0.39, 0.29) is 0 Å². The Hall–Kier alpha value is -2.02. The van der Waals surface area contributed by atoms with Gasteiger partial charge in [0.25, 0.3) is 0 Å². The number of nitrogen functional groups attached to an aromatic ring is 1. The van der Waals surface area contributed by atoms with Gasteiger partial charge in [0.2, 0.25) is 5.88 Å². The molecule has 6 nitrogen and oxygen atoms in total. The molecule has 1 aromatic heterocycles. The summed E-state index contributed by atoms with van der Waals surface area (Å²) in [6.07, 6.45) is 3.20. The number of nitrogens with zero attached hydrogens (tertiary/aromatic N) is 3. The summed E-state index contributed by atoms with van der Waals surface area (Å²) in [7, 11) is 0. The monoisotopic (exact) mass is 421 g/mol. The summed E-state index contributed by atoms with van der Waals surface area (Å²) >= 11 is 12.5. The molecule has 8 heteroatoms. The van der Waals surface area contributed by atoms with Crippen molar-refractivity contribution in [2.45, 2.75) is 12.8 Å². The molecule has 0 spiro atoms. The van der Waals surface area contributed by atoms with Crippen molar-refractivity contribution in [3.8, 4) is 5.88 Å². The topological polar surface area (TPSA) is 78.5 Å². The second-order valence-electron chi connectivity index (χ2n) is 6.73. The third-order valence-electron chi connectivity index (χ3n) is 4.85. The molecule has 1 aromatic carbocycles. The fraction of sp³-hybridized carbons (Fsp3) is 0.400. The number of nitrogens with two attached hydrogens (primary N) is 1. The van der Waals surface area contributed by atoms with Crippen molar-refractivity contribution in [3.63, 3.8) is 0 Å². The zero-order valence-corrected chi connectivity index (χ0v) is 17.2. The van der Waals surface area contributed by atoms with Gasteiger partial charge in [0.15, 0.2) is 0 Å². The minimum Gasteiger partial charge on any atom is -0.478 e. The number of benzene rings is 1. The number of hydrogen-bond donors (Lipinski definition) is 2. The first kappa shape index (κ1) is 20.7. The first-order chi connectivity index (χ1) is 13.6. The minimum absolute atomic E-state index is 0.324. The maximum absolute atomic E-state index is 7.22. The average Bonchev–Trinajstić information content (AvgIpc) is 2.70. The second kappa shape index (κ2) is 9.96. The highest BCUT2D eigenvalue weighted by Gasteiger charge is 2.19. The average molecular weight is 422 g/mol. The van der Waals surface area contributed by atoms with E-state index in [1.165, 1.54) is 6.21 Å². The van der Waals surface area contributed by atoms with Crippen molar-refractivity contribution in [2.24, 2.45) is 0 Å². The summed E-state index contributed by atoms with van der Waals surface area (Å²) in [6, 6.07) is 9.28. The summed E-state index contributed by atoms with van der Waals surface area (Å²) in [4.78, 5) is 8.91. The SMILES string of the molecule is N=Cc1ccc(OCCCCN2CCN(c3cccc(Cl)c3Cl)CC2)nc1N. The summed E-state index contributed by atoms with van der Waals surface area (Å²) in [5, 5.41) is 8.46. The highest BCUT2D eigenvalue weighted by atomic mass is 35.5. The number of anilines is 2. The summed E-state index contributed by atoms with van der Waals surface area (Å²) in [6.45, 7) is 5.55. The molecule has 28 heavy (non-hydrogen) atoms. The van der Waals surface area contributed by atoms with Crippen molar-refractivity contribution < 1.29 is 4.74 Å². The molecular formula is C20H25Cl2N5O. The van der Waals surface area contributed by atoms with Crippen molar-refractivity contribution in [1.82, 2.24) is 9.88 Å². The van der Waals surface area contributed by atoms with Crippen LogP contribution < -0.4 is 15.4 Å². The van der Waals surface area contributed by atoms with Gasteiger partial charge in [0.1, 0.15) is 5.82 Å². The quantitative estimate of drug-likeness (QED) is 0.498. The Labute approximate surface area is 175 Å². The van der Waals surface area contributed by atoms with Gasteiger partial charge in [-0.05, 0) is 37.6 Å². The predicted molar refractivity (Wildman–Crippen MR) is 116 cm³/mol. The fourth-order valence-corrected chi connectivity index (χ4v) is 3.65. The van der Waals surface area contributed by atoms with Gasteiger partial charge in [-0.2, -0.15) is 4.98 Å². The van der Waals surface area contributed by atoms with Crippen LogP contribution in [-0.2, 0) is 0 Å². The van der Waals surface area contributed by atoms with Gasteiger partial charge in [-0.1, -0.05) is 29.3 Å². The molecule has 2 heterocycles. The maximum atomic E-state index is 7.22. The largest absolute Gasteiger partial charge is 0.478 e. The van der Waals surface area contributed by atoms with Crippen LogP contribution >= 0.6 is 23.2 Å². The van der Waals surface area contributed by atoms with Crippen LogP contribution in [0.2, 0.25) is 10.0 Å². The molecule has 3 N–H and O–H groups in total. The molecule has 150 valence electrons. The van der Waals surface area contributed by atoms with Gasteiger partial charge in [0.05, 0.1) is 22.3 Å². The van der Waals surface area contributed by atoms with E-state index in [4.69, 9.17) is 39.1 Å². The molecule has 1 aliphatic heterocycles. The molecule has 1 saturated heterocycles. The van der Waals surface area contributed by atoms with Crippen LogP contribution in [0.4, 0.5) is 11.5 Å². The lowest BCUT2D eigenvalue weighted by atomic mass is 10.2. The van der Waals surface area contributed by atoms with E-state index in [1.807, 2.05) is 18.2 Å². The number of aromatic nitrogens is 1. The normalized spacial score (nSPS) is 14.9. The summed E-state index contributed by atoms with van der Waals surface area (Å²) in [5.41, 5.74) is 7.38. The third kappa shape index (κ3) is 5.28.